The molecule has 1 aromatic rings. The van der Waals surface area contributed by atoms with Gasteiger partial charge in [0, 0.05) is 18.4 Å². The van der Waals surface area contributed by atoms with Gasteiger partial charge in [0.1, 0.15) is 0 Å². The van der Waals surface area contributed by atoms with Crippen LogP contribution >= 0.6 is 0 Å². The van der Waals surface area contributed by atoms with Gasteiger partial charge in [-0.2, -0.15) is 0 Å². The molecule has 0 amide bonds. The molecule has 1 aliphatic heterocycles. The third-order valence-corrected chi connectivity index (χ3v) is 4.16. The second kappa shape index (κ2) is 2.96. The van der Waals surface area contributed by atoms with Gasteiger partial charge in [-0.15, -0.1) is 0 Å². The van der Waals surface area contributed by atoms with Gasteiger partial charge in [0.15, 0.2) is 11.5 Å². The zero-order valence-electron chi connectivity index (χ0n) is 9.87. The lowest BCUT2D eigenvalue weighted by Gasteiger charge is -2.35. The fraction of sp³-hybridized carbons (Fsp3) is 0.571. The minimum atomic E-state index is -0.319. The first-order chi connectivity index (χ1) is 8.17. The van der Waals surface area contributed by atoms with Gasteiger partial charge in [-0.25, -0.2) is 0 Å². The lowest BCUT2D eigenvalue weighted by atomic mass is 9.91. The van der Waals surface area contributed by atoms with E-state index >= 15 is 0 Å². The summed E-state index contributed by atoms with van der Waals surface area (Å²) in [6, 6.07) is 6.26. The fourth-order valence-electron chi connectivity index (χ4n) is 2.66. The lowest BCUT2D eigenvalue weighted by molar-refractivity contribution is -0.138. The highest BCUT2D eigenvalue weighted by molar-refractivity contribution is 5.46. The molecule has 3 aliphatic rings. The zero-order valence-corrected chi connectivity index (χ0v) is 9.87. The van der Waals surface area contributed by atoms with Crippen molar-refractivity contribution in [1.29, 1.82) is 0 Å². The summed E-state index contributed by atoms with van der Waals surface area (Å²) < 4.78 is 11.8. The molecule has 2 fully saturated rings. The Kier molecular flexibility index (Phi) is 1.70. The van der Waals surface area contributed by atoms with E-state index in [0.29, 0.717) is 0 Å². The van der Waals surface area contributed by atoms with E-state index in [1.54, 1.807) is 0 Å². The molecule has 0 bridgehead atoms. The van der Waals surface area contributed by atoms with Gasteiger partial charge in [-0.05, 0) is 43.4 Å². The van der Waals surface area contributed by atoms with Crippen molar-refractivity contribution in [2.24, 2.45) is 5.73 Å². The Labute approximate surface area is 101 Å². The minimum Gasteiger partial charge on any atom is -0.448 e. The van der Waals surface area contributed by atoms with E-state index in [-0.39, 0.29) is 11.3 Å². The molecule has 3 heteroatoms. The largest absolute Gasteiger partial charge is 0.448 e. The molecule has 0 saturated heterocycles. The summed E-state index contributed by atoms with van der Waals surface area (Å²) in [4.78, 5) is 0. The van der Waals surface area contributed by atoms with E-state index in [4.69, 9.17) is 15.2 Å². The van der Waals surface area contributed by atoms with Crippen molar-refractivity contribution in [3.8, 4) is 11.5 Å². The molecule has 0 atom stereocenters. The number of rotatable bonds is 2. The summed E-state index contributed by atoms with van der Waals surface area (Å²) in [5.74, 6) is 1.49. The summed E-state index contributed by atoms with van der Waals surface area (Å²) >= 11 is 0. The average molecular weight is 231 g/mol. The number of ether oxygens (including phenoxy) is 2. The first-order valence-electron chi connectivity index (χ1n) is 6.46. The number of benzene rings is 1. The number of hydrogen-bond donors (Lipinski definition) is 1. The molecule has 1 spiro atoms. The molecule has 17 heavy (non-hydrogen) atoms. The Balaban J connectivity index is 1.59. The molecular formula is C14H17NO2. The van der Waals surface area contributed by atoms with Crippen molar-refractivity contribution >= 4 is 0 Å². The zero-order chi connectivity index (χ0) is 11.5. The Morgan fingerprint density at radius 3 is 2.47 bits per heavy atom. The van der Waals surface area contributed by atoms with Crippen LogP contribution in [0.4, 0.5) is 0 Å². The predicted octanol–water partition coefficient (Wildman–Crippen LogP) is 2.37. The second-order valence-electron chi connectivity index (χ2n) is 5.79. The SMILES string of the molecule is NC1(Cc2ccc3c(c2)OC2(CCC2)O3)CC1. The van der Waals surface area contributed by atoms with E-state index in [1.165, 1.54) is 12.0 Å². The van der Waals surface area contributed by atoms with Gasteiger partial charge in [-0.1, -0.05) is 6.07 Å². The smallest absolute Gasteiger partial charge is 0.251 e. The van der Waals surface area contributed by atoms with E-state index in [0.717, 1.165) is 43.6 Å². The van der Waals surface area contributed by atoms with Crippen molar-refractivity contribution in [3.63, 3.8) is 0 Å². The molecule has 3 nitrogen and oxygen atoms in total. The Morgan fingerprint density at radius 2 is 1.82 bits per heavy atom. The molecule has 1 aromatic carbocycles. The van der Waals surface area contributed by atoms with E-state index in [9.17, 15) is 0 Å². The Bertz CT molecular complexity index is 475. The Morgan fingerprint density at radius 1 is 1.06 bits per heavy atom. The number of hydrogen-bond acceptors (Lipinski definition) is 3. The molecule has 90 valence electrons. The lowest BCUT2D eigenvalue weighted by Crippen LogP contribution is -2.45. The quantitative estimate of drug-likeness (QED) is 0.849. The highest BCUT2D eigenvalue weighted by Gasteiger charge is 2.47. The first-order valence-corrected chi connectivity index (χ1v) is 6.46. The number of nitrogens with two attached hydrogens (primary N) is 1. The van der Waals surface area contributed by atoms with Crippen LogP contribution in [-0.2, 0) is 6.42 Å². The van der Waals surface area contributed by atoms with E-state index < -0.39 is 0 Å². The van der Waals surface area contributed by atoms with Gasteiger partial charge in [0.05, 0.1) is 0 Å². The summed E-state index contributed by atoms with van der Waals surface area (Å²) in [5.41, 5.74) is 7.47. The van der Waals surface area contributed by atoms with Crippen LogP contribution in [0.25, 0.3) is 0 Å². The van der Waals surface area contributed by atoms with E-state index in [1.807, 2.05) is 6.07 Å². The van der Waals surface area contributed by atoms with Crippen molar-refractivity contribution < 1.29 is 9.47 Å². The van der Waals surface area contributed by atoms with Crippen LogP contribution in [0, 0.1) is 0 Å². The van der Waals surface area contributed by atoms with Gasteiger partial charge < -0.3 is 15.2 Å². The van der Waals surface area contributed by atoms with Crippen molar-refractivity contribution in [2.45, 2.75) is 49.9 Å². The third kappa shape index (κ3) is 1.53. The maximum absolute atomic E-state index is 6.14. The number of fused-ring (bicyclic) bond motifs is 1. The van der Waals surface area contributed by atoms with Crippen molar-refractivity contribution in [1.82, 2.24) is 0 Å². The molecule has 1 heterocycles. The van der Waals surface area contributed by atoms with Crippen LogP contribution in [0.2, 0.25) is 0 Å². The summed E-state index contributed by atoms with van der Waals surface area (Å²) in [6.45, 7) is 0. The first kappa shape index (κ1) is 9.77. The third-order valence-electron chi connectivity index (χ3n) is 4.16. The van der Waals surface area contributed by atoms with Crippen LogP contribution in [-0.4, -0.2) is 11.3 Å². The fourth-order valence-corrected chi connectivity index (χ4v) is 2.66. The van der Waals surface area contributed by atoms with Crippen LogP contribution in [0.5, 0.6) is 11.5 Å². The highest BCUT2D eigenvalue weighted by atomic mass is 16.7. The molecular weight excluding hydrogens is 214 g/mol. The normalized spacial score (nSPS) is 25.7. The van der Waals surface area contributed by atoms with Crippen LogP contribution < -0.4 is 15.2 Å². The van der Waals surface area contributed by atoms with Crippen LogP contribution in [0.1, 0.15) is 37.7 Å². The standard InChI is InChI=1S/C14H17NO2/c15-13(6-7-13)9-10-2-3-11-12(8-10)17-14(16-11)4-1-5-14/h2-3,8H,1,4-7,9,15H2. The monoisotopic (exact) mass is 231 g/mol. The van der Waals surface area contributed by atoms with Gasteiger partial charge in [-0.3, -0.25) is 0 Å². The molecule has 2 saturated carbocycles. The predicted molar refractivity (Wildman–Crippen MR) is 64.1 cm³/mol. The van der Waals surface area contributed by atoms with E-state index in [2.05, 4.69) is 12.1 Å². The van der Waals surface area contributed by atoms with Gasteiger partial charge >= 0.3 is 0 Å². The highest BCUT2D eigenvalue weighted by Crippen LogP contribution is 2.48. The molecule has 0 unspecified atom stereocenters. The topological polar surface area (TPSA) is 44.5 Å². The Hall–Kier alpha value is -1.22. The molecule has 2 aliphatic carbocycles. The summed E-state index contributed by atoms with van der Waals surface area (Å²) in [6.07, 6.45) is 6.47. The molecule has 2 N–H and O–H groups in total. The van der Waals surface area contributed by atoms with Crippen LogP contribution in [0.3, 0.4) is 0 Å². The molecule has 0 aromatic heterocycles. The van der Waals surface area contributed by atoms with Crippen molar-refractivity contribution in [2.75, 3.05) is 0 Å². The summed E-state index contributed by atoms with van der Waals surface area (Å²) in [7, 11) is 0. The van der Waals surface area contributed by atoms with Crippen LogP contribution in [0.15, 0.2) is 18.2 Å². The molecule has 0 radical (unpaired) electrons. The summed E-state index contributed by atoms with van der Waals surface area (Å²) in [5, 5.41) is 0. The molecule has 4 rings (SSSR count). The average Bonchev–Trinajstić information content (AvgIpc) is 2.84. The van der Waals surface area contributed by atoms with Crippen molar-refractivity contribution in [3.05, 3.63) is 23.8 Å². The van der Waals surface area contributed by atoms with Gasteiger partial charge in [0.25, 0.3) is 5.79 Å². The van der Waals surface area contributed by atoms with Gasteiger partial charge in [0.2, 0.25) is 0 Å². The maximum atomic E-state index is 6.14. The second-order valence-corrected chi connectivity index (χ2v) is 5.79. The minimum absolute atomic E-state index is 0.0574. The maximum Gasteiger partial charge on any atom is 0.251 e.